The summed E-state index contributed by atoms with van der Waals surface area (Å²) in [4.78, 5) is 2.66. The zero-order valence-corrected chi connectivity index (χ0v) is 10.9. The van der Waals surface area contributed by atoms with E-state index in [0.717, 1.165) is 12.0 Å². The van der Waals surface area contributed by atoms with E-state index in [4.69, 9.17) is 0 Å². The molecule has 2 aliphatic rings. The van der Waals surface area contributed by atoms with Crippen LogP contribution in [0.5, 0.6) is 0 Å². The summed E-state index contributed by atoms with van der Waals surface area (Å²) in [6, 6.07) is 0.810. The maximum atomic E-state index is 3.73. The van der Waals surface area contributed by atoms with Crippen LogP contribution >= 0.6 is 0 Å². The van der Waals surface area contributed by atoms with Gasteiger partial charge in [0.1, 0.15) is 0 Å². The second kappa shape index (κ2) is 6.61. The third-order valence-electron chi connectivity index (χ3n) is 4.44. The zero-order chi connectivity index (χ0) is 11.2. The van der Waals surface area contributed by atoms with Gasteiger partial charge in [0.2, 0.25) is 0 Å². The second-order valence-corrected chi connectivity index (χ2v) is 5.65. The van der Waals surface area contributed by atoms with Gasteiger partial charge in [-0.15, -0.1) is 0 Å². The van der Waals surface area contributed by atoms with Gasteiger partial charge in [-0.05, 0) is 64.2 Å². The number of hydrogen-bond donors (Lipinski definition) is 1. The maximum absolute atomic E-state index is 3.73. The summed E-state index contributed by atoms with van der Waals surface area (Å²) in [5.41, 5.74) is 0. The van der Waals surface area contributed by atoms with Gasteiger partial charge in [-0.3, -0.25) is 0 Å². The number of piperidine rings is 2. The van der Waals surface area contributed by atoms with E-state index in [-0.39, 0.29) is 0 Å². The molecule has 94 valence electrons. The Morgan fingerprint density at radius 3 is 2.56 bits per heavy atom. The van der Waals surface area contributed by atoms with Gasteiger partial charge in [-0.2, -0.15) is 0 Å². The van der Waals surface area contributed by atoms with Crippen molar-refractivity contribution >= 4 is 0 Å². The minimum atomic E-state index is 0.810. The molecule has 2 heterocycles. The topological polar surface area (TPSA) is 15.3 Å². The molecule has 0 amide bonds. The molecule has 0 radical (unpaired) electrons. The lowest BCUT2D eigenvalue weighted by Crippen LogP contribution is -2.41. The zero-order valence-electron chi connectivity index (χ0n) is 10.9. The van der Waals surface area contributed by atoms with Crippen molar-refractivity contribution in [2.24, 2.45) is 5.92 Å². The number of rotatable bonds is 4. The molecular weight excluding hydrogens is 196 g/mol. The smallest absolute Gasteiger partial charge is 0.00794 e. The predicted octanol–water partition coefficient (Wildman–Crippen LogP) is 2.64. The van der Waals surface area contributed by atoms with Crippen LogP contribution in [0.3, 0.4) is 0 Å². The van der Waals surface area contributed by atoms with E-state index in [1.165, 1.54) is 71.1 Å². The molecule has 0 spiro atoms. The Morgan fingerprint density at radius 1 is 1.12 bits per heavy atom. The molecular formula is C14H28N2. The Morgan fingerprint density at radius 2 is 1.94 bits per heavy atom. The molecule has 2 saturated heterocycles. The van der Waals surface area contributed by atoms with Crippen LogP contribution in [0, 0.1) is 5.92 Å². The summed E-state index contributed by atoms with van der Waals surface area (Å²) in [6.07, 6.45) is 9.89. The second-order valence-electron chi connectivity index (χ2n) is 5.65. The van der Waals surface area contributed by atoms with Crippen molar-refractivity contribution in [2.75, 3.05) is 26.2 Å². The monoisotopic (exact) mass is 224 g/mol. The van der Waals surface area contributed by atoms with Crippen LogP contribution < -0.4 is 5.32 Å². The van der Waals surface area contributed by atoms with Crippen molar-refractivity contribution in [3.8, 4) is 0 Å². The van der Waals surface area contributed by atoms with Gasteiger partial charge in [0, 0.05) is 6.04 Å². The average molecular weight is 224 g/mol. The Labute approximate surface area is 101 Å². The van der Waals surface area contributed by atoms with Crippen LogP contribution in [0.25, 0.3) is 0 Å². The Bertz CT molecular complexity index is 179. The summed E-state index contributed by atoms with van der Waals surface area (Å²) in [5, 5.41) is 3.73. The molecule has 2 atom stereocenters. The van der Waals surface area contributed by atoms with Crippen molar-refractivity contribution in [1.82, 2.24) is 10.2 Å². The molecule has 2 heteroatoms. The van der Waals surface area contributed by atoms with Gasteiger partial charge >= 0.3 is 0 Å². The van der Waals surface area contributed by atoms with Crippen LogP contribution in [0.15, 0.2) is 0 Å². The maximum Gasteiger partial charge on any atom is 0.00794 e. The van der Waals surface area contributed by atoms with Crippen molar-refractivity contribution in [3.63, 3.8) is 0 Å². The molecule has 0 unspecified atom stereocenters. The fourth-order valence-corrected chi connectivity index (χ4v) is 3.09. The molecule has 1 N–H and O–H groups in total. The van der Waals surface area contributed by atoms with E-state index < -0.39 is 0 Å². The summed E-state index contributed by atoms with van der Waals surface area (Å²) in [5.74, 6) is 0.950. The van der Waals surface area contributed by atoms with E-state index in [0.29, 0.717) is 0 Å². The summed E-state index contributed by atoms with van der Waals surface area (Å²) in [6.45, 7) is 7.62. The molecule has 0 bridgehead atoms. The van der Waals surface area contributed by atoms with Gasteiger partial charge < -0.3 is 10.2 Å². The highest BCUT2D eigenvalue weighted by Crippen LogP contribution is 2.19. The highest BCUT2D eigenvalue weighted by atomic mass is 15.1. The summed E-state index contributed by atoms with van der Waals surface area (Å²) in [7, 11) is 0. The van der Waals surface area contributed by atoms with Crippen LogP contribution in [-0.2, 0) is 0 Å². The highest BCUT2D eigenvalue weighted by molar-refractivity contribution is 4.78. The van der Waals surface area contributed by atoms with Crippen molar-refractivity contribution in [1.29, 1.82) is 0 Å². The summed E-state index contributed by atoms with van der Waals surface area (Å²) >= 11 is 0. The molecule has 0 aromatic heterocycles. The molecule has 16 heavy (non-hydrogen) atoms. The Kier molecular flexibility index (Phi) is 5.11. The van der Waals surface area contributed by atoms with Crippen molar-refractivity contribution < 1.29 is 0 Å². The van der Waals surface area contributed by atoms with Gasteiger partial charge in [0.15, 0.2) is 0 Å². The van der Waals surface area contributed by atoms with Crippen LogP contribution in [-0.4, -0.2) is 37.1 Å². The van der Waals surface area contributed by atoms with Gasteiger partial charge in [-0.25, -0.2) is 0 Å². The normalized spacial score (nSPS) is 32.8. The van der Waals surface area contributed by atoms with Crippen LogP contribution in [0.1, 0.15) is 51.9 Å². The quantitative estimate of drug-likeness (QED) is 0.790. The van der Waals surface area contributed by atoms with Crippen LogP contribution in [0.4, 0.5) is 0 Å². The van der Waals surface area contributed by atoms with Gasteiger partial charge in [-0.1, -0.05) is 19.8 Å². The molecule has 2 aliphatic heterocycles. The van der Waals surface area contributed by atoms with Crippen LogP contribution in [0.2, 0.25) is 0 Å². The molecule has 0 aromatic rings. The highest BCUT2D eigenvalue weighted by Gasteiger charge is 2.20. The first-order chi connectivity index (χ1) is 7.88. The van der Waals surface area contributed by atoms with E-state index in [1.54, 1.807) is 0 Å². The molecule has 0 saturated carbocycles. The minimum absolute atomic E-state index is 0.810. The summed E-state index contributed by atoms with van der Waals surface area (Å²) < 4.78 is 0. The molecule has 2 rings (SSSR count). The van der Waals surface area contributed by atoms with E-state index in [9.17, 15) is 0 Å². The average Bonchev–Trinajstić information content (AvgIpc) is 2.38. The number of hydrogen-bond acceptors (Lipinski definition) is 2. The largest absolute Gasteiger partial charge is 0.314 e. The lowest BCUT2D eigenvalue weighted by Gasteiger charge is -2.32. The van der Waals surface area contributed by atoms with Gasteiger partial charge in [0.25, 0.3) is 0 Å². The first-order valence-corrected chi connectivity index (χ1v) is 7.34. The predicted molar refractivity (Wildman–Crippen MR) is 69.7 cm³/mol. The minimum Gasteiger partial charge on any atom is -0.314 e. The lowest BCUT2D eigenvalue weighted by atomic mass is 9.91. The third kappa shape index (κ3) is 3.74. The number of likely N-dealkylation sites (tertiary alicyclic amines) is 1. The Balaban J connectivity index is 1.59. The molecule has 2 nitrogen and oxygen atoms in total. The SMILES string of the molecule is CC[C@@H]1CC[C@H](CCN2CCCCC2)NC1. The number of nitrogens with zero attached hydrogens (tertiary/aromatic N) is 1. The van der Waals surface area contributed by atoms with E-state index in [2.05, 4.69) is 17.1 Å². The van der Waals surface area contributed by atoms with E-state index >= 15 is 0 Å². The number of nitrogens with one attached hydrogen (secondary N) is 1. The van der Waals surface area contributed by atoms with Gasteiger partial charge in [0.05, 0.1) is 0 Å². The first kappa shape index (κ1) is 12.4. The third-order valence-corrected chi connectivity index (χ3v) is 4.44. The standard InChI is InChI=1S/C14H28N2/c1-2-13-6-7-14(15-12-13)8-11-16-9-4-3-5-10-16/h13-15H,2-12H2,1H3/t13-,14-/m1/s1. The fraction of sp³-hybridized carbons (Fsp3) is 1.00. The lowest BCUT2D eigenvalue weighted by molar-refractivity contribution is 0.203. The first-order valence-electron chi connectivity index (χ1n) is 7.34. The van der Waals surface area contributed by atoms with E-state index in [1.807, 2.05) is 0 Å². The fourth-order valence-electron chi connectivity index (χ4n) is 3.09. The molecule has 0 aliphatic carbocycles. The van der Waals surface area contributed by atoms with Crippen molar-refractivity contribution in [2.45, 2.75) is 57.9 Å². The molecule has 0 aromatic carbocycles. The van der Waals surface area contributed by atoms with Crippen molar-refractivity contribution in [3.05, 3.63) is 0 Å². The Hall–Kier alpha value is -0.0800. The molecule has 2 fully saturated rings.